The maximum absolute atomic E-state index is 5.71. The fraction of sp³-hybridized carbons (Fsp3) is 0.733. The van der Waals surface area contributed by atoms with Gasteiger partial charge in [0.05, 0.1) is 12.7 Å². The van der Waals surface area contributed by atoms with Crippen molar-refractivity contribution in [1.82, 2.24) is 14.9 Å². The average molecular weight is 293 g/mol. The van der Waals surface area contributed by atoms with Crippen molar-refractivity contribution in [2.24, 2.45) is 5.73 Å². The molecule has 6 heteroatoms. The second-order valence-electron chi connectivity index (χ2n) is 5.49. The van der Waals surface area contributed by atoms with Gasteiger partial charge >= 0.3 is 0 Å². The Labute approximate surface area is 127 Å². The van der Waals surface area contributed by atoms with E-state index in [1.165, 1.54) is 0 Å². The van der Waals surface area contributed by atoms with E-state index < -0.39 is 0 Å². The quantitative estimate of drug-likeness (QED) is 0.845. The highest BCUT2D eigenvalue weighted by Crippen LogP contribution is 2.25. The Morgan fingerprint density at radius 3 is 2.57 bits per heavy atom. The number of nitrogens with zero attached hydrogens (tertiary/aromatic N) is 4. The molecule has 1 unspecified atom stereocenters. The maximum Gasteiger partial charge on any atom is 0.221 e. The highest BCUT2D eigenvalue weighted by molar-refractivity contribution is 5.50. The Balaban J connectivity index is 2.01. The zero-order valence-corrected chi connectivity index (χ0v) is 13.4. The van der Waals surface area contributed by atoms with Crippen LogP contribution in [0.3, 0.4) is 0 Å². The Morgan fingerprint density at radius 1 is 1.29 bits per heavy atom. The third-order valence-corrected chi connectivity index (χ3v) is 4.31. The van der Waals surface area contributed by atoms with E-state index in [1.54, 1.807) is 13.4 Å². The molecule has 2 heterocycles. The molecule has 21 heavy (non-hydrogen) atoms. The molecule has 1 aromatic heterocycles. The monoisotopic (exact) mass is 293 g/mol. The van der Waals surface area contributed by atoms with Crippen molar-refractivity contribution >= 4 is 5.82 Å². The number of hydrogen-bond acceptors (Lipinski definition) is 6. The van der Waals surface area contributed by atoms with Crippen LogP contribution in [0.2, 0.25) is 0 Å². The minimum absolute atomic E-state index is 0.609. The van der Waals surface area contributed by atoms with Crippen molar-refractivity contribution in [3.63, 3.8) is 0 Å². The van der Waals surface area contributed by atoms with E-state index in [0.29, 0.717) is 11.9 Å². The predicted molar refractivity (Wildman–Crippen MR) is 84.9 cm³/mol. The molecular weight excluding hydrogens is 266 g/mol. The summed E-state index contributed by atoms with van der Waals surface area (Å²) in [6.07, 6.45) is 3.82. The zero-order chi connectivity index (χ0) is 15.2. The molecule has 6 nitrogen and oxygen atoms in total. The van der Waals surface area contributed by atoms with Gasteiger partial charge in [-0.2, -0.15) is 0 Å². The SMILES string of the molecule is CCC(CCN)N1CCN(c2ncnc(OC)c2C)CC1. The van der Waals surface area contributed by atoms with Gasteiger partial charge in [0, 0.05) is 32.2 Å². The lowest BCUT2D eigenvalue weighted by atomic mass is 10.1. The van der Waals surface area contributed by atoms with Crippen molar-refractivity contribution < 1.29 is 4.74 Å². The molecule has 0 saturated carbocycles. The normalized spacial score (nSPS) is 17.8. The first-order chi connectivity index (χ1) is 10.2. The second-order valence-corrected chi connectivity index (χ2v) is 5.49. The van der Waals surface area contributed by atoms with Gasteiger partial charge in [-0.25, -0.2) is 9.97 Å². The molecule has 1 aromatic rings. The third-order valence-electron chi connectivity index (χ3n) is 4.31. The molecule has 1 aliphatic heterocycles. The van der Waals surface area contributed by atoms with Crippen molar-refractivity contribution in [2.75, 3.05) is 44.7 Å². The first-order valence-corrected chi connectivity index (χ1v) is 7.75. The summed E-state index contributed by atoms with van der Waals surface area (Å²) in [4.78, 5) is 13.5. The molecule has 1 saturated heterocycles. The van der Waals surface area contributed by atoms with Crippen LogP contribution in [0.1, 0.15) is 25.3 Å². The molecular formula is C15H27N5O. The molecule has 2 N–H and O–H groups in total. The number of ether oxygens (including phenoxy) is 1. The molecule has 0 spiro atoms. The first-order valence-electron chi connectivity index (χ1n) is 7.75. The highest BCUT2D eigenvalue weighted by Gasteiger charge is 2.24. The third kappa shape index (κ3) is 3.63. The molecule has 118 valence electrons. The van der Waals surface area contributed by atoms with Crippen LogP contribution in [0.15, 0.2) is 6.33 Å². The Bertz CT molecular complexity index is 446. The number of nitrogens with two attached hydrogens (primary N) is 1. The standard InChI is InChI=1S/C15H27N5O/c1-4-13(5-6-16)19-7-9-20(10-8-19)14-12(2)15(21-3)18-11-17-14/h11,13H,4-10,16H2,1-3H3. The molecule has 0 bridgehead atoms. The van der Waals surface area contributed by atoms with Crippen LogP contribution in [0.25, 0.3) is 0 Å². The minimum atomic E-state index is 0.609. The molecule has 0 radical (unpaired) electrons. The van der Waals surface area contributed by atoms with Crippen LogP contribution < -0.4 is 15.4 Å². The van der Waals surface area contributed by atoms with Gasteiger partial charge in [-0.3, -0.25) is 4.90 Å². The van der Waals surface area contributed by atoms with Crippen LogP contribution in [0.5, 0.6) is 5.88 Å². The number of anilines is 1. The van der Waals surface area contributed by atoms with Gasteiger partial charge in [0.15, 0.2) is 0 Å². The molecule has 0 aromatic carbocycles. The lowest BCUT2D eigenvalue weighted by Gasteiger charge is -2.40. The molecule has 2 rings (SSSR count). The number of piperazine rings is 1. The summed E-state index contributed by atoms with van der Waals surface area (Å²) in [5, 5.41) is 0. The largest absolute Gasteiger partial charge is 0.481 e. The summed E-state index contributed by atoms with van der Waals surface area (Å²) in [6, 6.07) is 0.609. The summed E-state index contributed by atoms with van der Waals surface area (Å²) in [6.45, 7) is 9.12. The predicted octanol–water partition coefficient (Wildman–Crippen LogP) is 1.04. The number of rotatable bonds is 6. The molecule has 1 atom stereocenters. The van der Waals surface area contributed by atoms with E-state index in [1.807, 2.05) is 6.92 Å². The van der Waals surface area contributed by atoms with E-state index in [2.05, 4.69) is 26.7 Å². The lowest BCUT2D eigenvalue weighted by molar-refractivity contribution is 0.173. The van der Waals surface area contributed by atoms with Gasteiger partial charge in [-0.1, -0.05) is 6.92 Å². The topological polar surface area (TPSA) is 67.5 Å². The molecule has 0 aliphatic carbocycles. The Morgan fingerprint density at radius 2 is 2.00 bits per heavy atom. The summed E-state index contributed by atoms with van der Waals surface area (Å²) in [7, 11) is 1.65. The van der Waals surface area contributed by atoms with Crippen LogP contribution in [-0.2, 0) is 0 Å². The average Bonchev–Trinajstić information content (AvgIpc) is 2.53. The summed E-state index contributed by atoms with van der Waals surface area (Å²) in [5.74, 6) is 1.66. The van der Waals surface area contributed by atoms with Gasteiger partial charge < -0.3 is 15.4 Å². The van der Waals surface area contributed by atoms with Crippen molar-refractivity contribution in [3.05, 3.63) is 11.9 Å². The molecule has 1 fully saturated rings. The van der Waals surface area contributed by atoms with E-state index in [0.717, 1.165) is 56.9 Å². The minimum Gasteiger partial charge on any atom is -0.481 e. The van der Waals surface area contributed by atoms with Crippen LogP contribution >= 0.6 is 0 Å². The first kappa shape index (κ1) is 16.0. The number of methoxy groups -OCH3 is 1. The fourth-order valence-corrected chi connectivity index (χ4v) is 3.09. The van der Waals surface area contributed by atoms with Gasteiger partial charge in [-0.15, -0.1) is 0 Å². The molecule has 0 amide bonds. The van der Waals surface area contributed by atoms with Crippen LogP contribution in [-0.4, -0.2) is 60.7 Å². The van der Waals surface area contributed by atoms with Crippen LogP contribution in [0.4, 0.5) is 5.82 Å². The van der Waals surface area contributed by atoms with E-state index >= 15 is 0 Å². The summed E-state index contributed by atoms with van der Waals surface area (Å²) in [5.41, 5.74) is 6.73. The lowest BCUT2D eigenvalue weighted by Crippen LogP contribution is -2.51. The number of aromatic nitrogens is 2. The maximum atomic E-state index is 5.71. The number of hydrogen-bond donors (Lipinski definition) is 1. The Kier molecular flexibility index (Phi) is 5.76. The van der Waals surface area contributed by atoms with Gasteiger partial charge in [0.25, 0.3) is 0 Å². The van der Waals surface area contributed by atoms with E-state index in [4.69, 9.17) is 10.5 Å². The smallest absolute Gasteiger partial charge is 0.221 e. The van der Waals surface area contributed by atoms with Crippen molar-refractivity contribution in [1.29, 1.82) is 0 Å². The van der Waals surface area contributed by atoms with Gasteiger partial charge in [-0.05, 0) is 26.3 Å². The highest BCUT2D eigenvalue weighted by atomic mass is 16.5. The van der Waals surface area contributed by atoms with E-state index in [9.17, 15) is 0 Å². The fourth-order valence-electron chi connectivity index (χ4n) is 3.09. The summed E-state index contributed by atoms with van der Waals surface area (Å²) < 4.78 is 5.28. The van der Waals surface area contributed by atoms with Crippen LogP contribution in [0, 0.1) is 6.92 Å². The molecule has 1 aliphatic rings. The summed E-state index contributed by atoms with van der Waals surface area (Å²) >= 11 is 0. The van der Waals surface area contributed by atoms with Gasteiger partial charge in [0.1, 0.15) is 12.1 Å². The van der Waals surface area contributed by atoms with Crippen molar-refractivity contribution in [3.8, 4) is 5.88 Å². The van der Waals surface area contributed by atoms with Crippen molar-refractivity contribution in [2.45, 2.75) is 32.7 Å². The second kappa shape index (κ2) is 7.56. The van der Waals surface area contributed by atoms with Gasteiger partial charge in [0.2, 0.25) is 5.88 Å². The van der Waals surface area contributed by atoms with E-state index in [-0.39, 0.29) is 0 Å². The zero-order valence-electron chi connectivity index (χ0n) is 13.4. The Hall–Kier alpha value is -1.40.